The first kappa shape index (κ1) is 29.1. The van der Waals surface area contributed by atoms with Crippen LogP contribution in [0.15, 0.2) is 66.7 Å². The molecular formula is C32H40N3O5+. The number of benzene rings is 3. The first-order chi connectivity index (χ1) is 19.3. The molecule has 212 valence electrons. The summed E-state index contributed by atoms with van der Waals surface area (Å²) in [5, 5.41) is 15.3. The van der Waals surface area contributed by atoms with Gasteiger partial charge in [0.25, 0.3) is 0 Å². The Balaban J connectivity index is 1.38. The molecule has 1 fully saturated rings. The Morgan fingerprint density at radius 2 is 1.73 bits per heavy atom. The Morgan fingerprint density at radius 3 is 2.42 bits per heavy atom. The number of amides is 2. The number of ether oxygens (including phenoxy) is 2. The van der Waals surface area contributed by atoms with Gasteiger partial charge in [0, 0.05) is 42.1 Å². The van der Waals surface area contributed by atoms with E-state index in [1.54, 1.807) is 18.2 Å². The SMILES string of the molecule is COc1cc(NC(=O)CCCc2ccc(-c3ccccc3)c(NC(=O)OC3CC[N+](C)(C)CC3)c2)ccc1CO. The molecule has 0 unspecified atom stereocenters. The molecule has 4 rings (SSSR count). The largest absolute Gasteiger partial charge is 0.496 e. The number of hydrogen-bond acceptors (Lipinski definition) is 5. The van der Waals surface area contributed by atoms with Crippen LogP contribution in [0.3, 0.4) is 0 Å². The predicted octanol–water partition coefficient (Wildman–Crippen LogP) is 5.60. The molecule has 8 heteroatoms. The molecule has 0 spiro atoms. The van der Waals surface area contributed by atoms with Crippen LogP contribution in [0.1, 0.15) is 36.8 Å². The van der Waals surface area contributed by atoms with Crippen LogP contribution in [0.25, 0.3) is 11.1 Å². The minimum Gasteiger partial charge on any atom is -0.496 e. The van der Waals surface area contributed by atoms with Crippen molar-refractivity contribution in [2.45, 2.75) is 44.8 Å². The lowest BCUT2D eigenvalue weighted by Crippen LogP contribution is -2.48. The van der Waals surface area contributed by atoms with E-state index in [9.17, 15) is 14.7 Å². The smallest absolute Gasteiger partial charge is 0.411 e. The van der Waals surface area contributed by atoms with E-state index in [0.717, 1.165) is 47.1 Å². The molecule has 1 aliphatic heterocycles. The van der Waals surface area contributed by atoms with Crippen molar-refractivity contribution in [3.8, 4) is 16.9 Å². The third-order valence-electron chi connectivity index (χ3n) is 7.40. The average Bonchev–Trinajstić information content (AvgIpc) is 2.94. The lowest BCUT2D eigenvalue weighted by molar-refractivity contribution is -0.896. The van der Waals surface area contributed by atoms with E-state index >= 15 is 0 Å². The summed E-state index contributed by atoms with van der Waals surface area (Å²) in [5.41, 5.74) is 4.92. The van der Waals surface area contributed by atoms with Crippen LogP contribution < -0.4 is 15.4 Å². The Kier molecular flexibility index (Phi) is 9.79. The van der Waals surface area contributed by atoms with Crippen molar-refractivity contribution in [3.63, 3.8) is 0 Å². The van der Waals surface area contributed by atoms with Gasteiger partial charge >= 0.3 is 6.09 Å². The molecule has 0 radical (unpaired) electrons. The number of aryl methyl sites for hydroxylation is 1. The van der Waals surface area contributed by atoms with Gasteiger partial charge in [0.15, 0.2) is 0 Å². The zero-order chi connectivity index (χ0) is 28.5. The second kappa shape index (κ2) is 13.5. The van der Waals surface area contributed by atoms with E-state index in [-0.39, 0.29) is 18.6 Å². The minimum atomic E-state index is -0.437. The van der Waals surface area contributed by atoms with Gasteiger partial charge in [-0.05, 0) is 36.1 Å². The zero-order valence-corrected chi connectivity index (χ0v) is 23.6. The number of nitrogens with one attached hydrogen (secondary N) is 2. The number of carbonyl (C=O) groups excluding carboxylic acids is 2. The summed E-state index contributed by atoms with van der Waals surface area (Å²) in [7, 11) is 5.93. The Morgan fingerprint density at radius 1 is 0.975 bits per heavy atom. The Bertz CT molecular complexity index is 1300. The maximum atomic E-state index is 12.9. The van der Waals surface area contributed by atoms with E-state index in [1.165, 1.54) is 7.11 Å². The number of anilines is 2. The number of carbonyl (C=O) groups is 2. The fourth-order valence-electron chi connectivity index (χ4n) is 5.00. The number of aliphatic hydroxyl groups is 1. The van der Waals surface area contributed by atoms with E-state index < -0.39 is 6.09 Å². The highest BCUT2D eigenvalue weighted by atomic mass is 16.6. The average molecular weight is 547 g/mol. The Labute approximate surface area is 236 Å². The van der Waals surface area contributed by atoms with Gasteiger partial charge in [0.05, 0.1) is 46.6 Å². The van der Waals surface area contributed by atoms with Crippen LogP contribution in [0.2, 0.25) is 0 Å². The van der Waals surface area contributed by atoms with Gasteiger partial charge in [0.1, 0.15) is 11.9 Å². The second-order valence-electron chi connectivity index (χ2n) is 10.9. The molecule has 2 amide bonds. The first-order valence-corrected chi connectivity index (χ1v) is 13.8. The molecule has 0 bridgehead atoms. The van der Waals surface area contributed by atoms with Gasteiger partial charge in [0.2, 0.25) is 5.91 Å². The van der Waals surface area contributed by atoms with Crippen molar-refractivity contribution in [1.29, 1.82) is 0 Å². The normalized spacial score (nSPS) is 14.8. The predicted molar refractivity (Wildman–Crippen MR) is 157 cm³/mol. The first-order valence-electron chi connectivity index (χ1n) is 13.8. The molecule has 40 heavy (non-hydrogen) atoms. The molecular weight excluding hydrogens is 506 g/mol. The number of aliphatic hydroxyl groups excluding tert-OH is 1. The Hall–Kier alpha value is -3.88. The summed E-state index contributed by atoms with van der Waals surface area (Å²) in [5.74, 6) is 0.430. The quantitative estimate of drug-likeness (QED) is 0.288. The molecule has 0 saturated carbocycles. The summed E-state index contributed by atoms with van der Waals surface area (Å²) in [6.45, 7) is 1.84. The van der Waals surface area contributed by atoms with E-state index in [1.807, 2.05) is 48.5 Å². The van der Waals surface area contributed by atoms with Crippen LogP contribution in [-0.2, 0) is 22.6 Å². The summed E-state index contributed by atoms with van der Waals surface area (Å²) in [6, 6.07) is 21.1. The van der Waals surface area contributed by atoms with Crippen molar-refractivity contribution in [2.75, 3.05) is 44.9 Å². The third kappa shape index (κ3) is 8.07. The highest BCUT2D eigenvalue weighted by Gasteiger charge is 2.28. The maximum absolute atomic E-state index is 12.9. The minimum absolute atomic E-state index is 0.0761. The van der Waals surface area contributed by atoms with Crippen LogP contribution >= 0.6 is 0 Å². The van der Waals surface area contributed by atoms with Gasteiger partial charge in [-0.3, -0.25) is 10.1 Å². The molecule has 3 N–H and O–H groups in total. The fourth-order valence-corrected chi connectivity index (χ4v) is 5.00. The zero-order valence-electron chi connectivity index (χ0n) is 23.6. The van der Waals surface area contributed by atoms with Crippen LogP contribution in [0, 0.1) is 0 Å². The second-order valence-corrected chi connectivity index (χ2v) is 10.9. The molecule has 1 saturated heterocycles. The molecule has 1 heterocycles. The van der Waals surface area contributed by atoms with E-state index in [0.29, 0.717) is 42.0 Å². The van der Waals surface area contributed by atoms with Crippen molar-refractivity contribution in [2.24, 2.45) is 0 Å². The number of quaternary nitrogens is 1. The maximum Gasteiger partial charge on any atom is 0.411 e. The highest BCUT2D eigenvalue weighted by molar-refractivity contribution is 5.92. The third-order valence-corrected chi connectivity index (χ3v) is 7.40. The lowest BCUT2D eigenvalue weighted by Gasteiger charge is -2.36. The summed E-state index contributed by atoms with van der Waals surface area (Å²) < 4.78 is 12.0. The van der Waals surface area contributed by atoms with Crippen molar-refractivity contribution in [1.82, 2.24) is 0 Å². The molecule has 1 aliphatic rings. The summed E-state index contributed by atoms with van der Waals surface area (Å²) in [6.07, 6.45) is 2.85. The molecule has 3 aromatic rings. The van der Waals surface area contributed by atoms with Crippen molar-refractivity contribution < 1.29 is 28.7 Å². The monoisotopic (exact) mass is 546 g/mol. The number of likely N-dealkylation sites (tertiary alicyclic amines) is 1. The highest BCUT2D eigenvalue weighted by Crippen LogP contribution is 2.30. The topological polar surface area (TPSA) is 96.9 Å². The van der Waals surface area contributed by atoms with Gasteiger partial charge in [-0.15, -0.1) is 0 Å². The number of nitrogens with zero attached hydrogens (tertiary/aromatic N) is 1. The summed E-state index contributed by atoms with van der Waals surface area (Å²) in [4.78, 5) is 25.4. The van der Waals surface area contributed by atoms with Gasteiger partial charge in [-0.1, -0.05) is 48.5 Å². The molecule has 0 aliphatic carbocycles. The number of methoxy groups -OCH3 is 1. The van der Waals surface area contributed by atoms with E-state index in [2.05, 4.69) is 24.7 Å². The molecule has 8 nitrogen and oxygen atoms in total. The van der Waals surface area contributed by atoms with E-state index in [4.69, 9.17) is 9.47 Å². The fraction of sp³-hybridized carbons (Fsp3) is 0.375. The van der Waals surface area contributed by atoms with Gasteiger partial charge in [-0.25, -0.2) is 4.79 Å². The van der Waals surface area contributed by atoms with Crippen molar-refractivity contribution in [3.05, 3.63) is 77.9 Å². The van der Waals surface area contributed by atoms with Gasteiger partial charge in [-0.2, -0.15) is 0 Å². The number of hydrogen-bond donors (Lipinski definition) is 3. The van der Waals surface area contributed by atoms with Crippen molar-refractivity contribution >= 4 is 23.4 Å². The standard InChI is InChI=1S/C32H39N3O5/c1-35(2)18-16-27(17-19-35)40-32(38)34-29-20-23(12-15-28(29)24-9-5-4-6-10-24)8-7-11-31(37)33-26-14-13-25(22-36)30(21-26)39-3/h4-6,9-10,12-15,20-21,27,36H,7-8,11,16-19,22H2,1-3H3,(H-,33,34,37,38)/p+1. The van der Waals surface area contributed by atoms with Crippen LogP contribution in [0.5, 0.6) is 5.75 Å². The van der Waals surface area contributed by atoms with Crippen LogP contribution in [0.4, 0.5) is 16.2 Å². The van der Waals surface area contributed by atoms with Crippen LogP contribution in [-0.4, -0.2) is 62.0 Å². The molecule has 0 aromatic heterocycles. The number of piperidine rings is 1. The molecule has 3 aromatic carbocycles. The number of rotatable bonds is 10. The molecule has 0 atom stereocenters. The van der Waals surface area contributed by atoms with Gasteiger partial charge < -0.3 is 24.4 Å². The summed E-state index contributed by atoms with van der Waals surface area (Å²) >= 11 is 0. The lowest BCUT2D eigenvalue weighted by atomic mass is 9.99.